The minimum absolute atomic E-state index is 0.121. The van der Waals surface area contributed by atoms with Crippen molar-refractivity contribution in [3.8, 4) is 10.4 Å². The maximum atomic E-state index is 11.9. The quantitative estimate of drug-likeness (QED) is 0.704. The molecule has 0 bridgehead atoms. The summed E-state index contributed by atoms with van der Waals surface area (Å²) in [6.07, 6.45) is -0.0688. The highest BCUT2D eigenvalue weighted by molar-refractivity contribution is 7.13. The van der Waals surface area contributed by atoms with Gasteiger partial charge in [0.2, 0.25) is 0 Å². The summed E-state index contributed by atoms with van der Waals surface area (Å²) in [6, 6.07) is 11.3. The Morgan fingerprint density at radius 1 is 1.17 bits per heavy atom. The molecule has 0 aliphatic heterocycles. The van der Waals surface area contributed by atoms with Crippen molar-refractivity contribution < 1.29 is 14.7 Å². The van der Waals surface area contributed by atoms with Crippen LogP contribution in [0.1, 0.15) is 20.3 Å². The third kappa shape index (κ3) is 5.18. The normalized spacial score (nSPS) is 12.0. The zero-order valence-corrected chi connectivity index (χ0v) is 14.6. The minimum atomic E-state index is -0.711. The molecule has 0 fully saturated rings. The van der Waals surface area contributed by atoms with Gasteiger partial charge in [-0.05, 0) is 41.5 Å². The van der Waals surface area contributed by atoms with Gasteiger partial charge in [0.15, 0.2) is 0 Å². The van der Waals surface area contributed by atoms with Crippen molar-refractivity contribution in [3.05, 3.63) is 41.8 Å². The number of thiophene rings is 1. The van der Waals surface area contributed by atoms with Crippen molar-refractivity contribution in [1.29, 1.82) is 0 Å². The van der Waals surface area contributed by atoms with Gasteiger partial charge in [0.25, 0.3) is 0 Å². The van der Waals surface area contributed by atoms with Crippen molar-refractivity contribution in [1.82, 2.24) is 5.32 Å². The molecule has 0 saturated heterocycles. The van der Waals surface area contributed by atoms with Crippen molar-refractivity contribution in [2.24, 2.45) is 5.92 Å². The molecule has 1 aromatic heterocycles. The fourth-order valence-corrected chi connectivity index (χ4v) is 2.85. The first-order valence-electron chi connectivity index (χ1n) is 7.88. The maximum Gasteiger partial charge on any atom is 0.313 e. The summed E-state index contributed by atoms with van der Waals surface area (Å²) in [5.41, 5.74) is 1.56. The Hall–Kier alpha value is -2.18. The highest BCUT2D eigenvalue weighted by Crippen LogP contribution is 2.26. The molecular weight excluding hydrogens is 324 g/mol. The van der Waals surface area contributed by atoms with E-state index in [9.17, 15) is 14.7 Å². The molecule has 2 rings (SSSR count). The van der Waals surface area contributed by atoms with Gasteiger partial charge in [-0.15, -0.1) is 11.3 Å². The van der Waals surface area contributed by atoms with Crippen molar-refractivity contribution in [2.75, 3.05) is 11.9 Å². The SMILES string of the molecule is CC(C)C(O)CCNC(=O)C(=O)Nc1cccc(-c2cccs2)c1. The summed E-state index contributed by atoms with van der Waals surface area (Å²) in [6.45, 7) is 4.07. The number of amides is 2. The lowest BCUT2D eigenvalue weighted by atomic mass is 10.0. The van der Waals surface area contributed by atoms with E-state index in [0.717, 1.165) is 10.4 Å². The standard InChI is InChI=1S/C18H22N2O3S/c1-12(2)15(21)8-9-19-17(22)18(23)20-14-6-3-5-13(11-14)16-7-4-10-24-16/h3-7,10-12,15,21H,8-9H2,1-2H3,(H,19,22)(H,20,23). The van der Waals surface area contributed by atoms with Gasteiger partial charge in [-0.25, -0.2) is 0 Å². The van der Waals surface area contributed by atoms with E-state index in [0.29, 0.717) is 12.1 Å². The van der Waals surface area contributed by atoms with Gasteiger partial charge >= 0.3 is 11.8 Å². The van der Waals surface area contributed by atoms with Gasteiger partial charge in [0.05, 0.1) is 6.10 Å². The zero-order valence-electron chi connectivity index (χ0n) is 13.8. The van der Waals surface area contributed by atoms with Crippen LogP contribution in [0.4, 0.5) is 5.69 Å². The van der Waals surface area contributed by atoms with E-state index in [4.69, 9.17) is 0 Å². The van der Waals surface area contributed by atoms with Gasteiger partial charge in [-0.2, -0.15) is 0 Å². The molecule has 5 nitrogen and oxygen atoms in total. The van der Waals surface area contributed by atoms with Gasteiger partial charge in [-0.3, -0.25) is 9.59 Å². The van der Waals surface area contributed by atoms with Crippen LogP contribution in [0.3, 0.4) is 0 Å². The molecule has 0 aliphatic rings. The number of anilines is 1. The molecule has 1 aromatic carbocycles. The van der Waals surface area contributed by atoms with E-state index in [-0.39, 0.29) is 12.5 Å². The van der Waals surface area contributed by atoms with Crippen LogP contribution in [0.15, 0.2) is 41.8 Å². The smallest absolute Gasteiger partial charge is 0.313 e. The second kappa shape index (κ2) is 8.61. The van der Waals surface area contributed by atoms with Crippen molar-refractivity contribution >= 4 is 28.8 Å². The lowest BCUT2D eigenvalue weighted by Crippen LogP contribution is -2.37. The number of benzene rings is 1. The Kier molecular flexibility index (Phi) is 6.52. The molecule has 0 spiro atoms. The summed E-state index contributed by atoms with van der Waals surface area (Å²) < 4.78 is 0. The molecule has 1 heterocycles. The summed E-state index contributed by atoms with van der Waals surface area (Å²) in [5.74, 6) is -1.29. The minimum Gasteiger partial charge on any atom is -0.393 e. The van der Waals surface area contributed by atoms with Crippen LogP contribution in [0.5, 0.6) is 0 Å². The highest BCUT2D eigenvalue weighted by Gasteiger charge is 2.15. The summed E-state index contributed by atoms with van der Waals surface area (Å²) in [5, 5.41) is 16.8. The third-order valence-corrected chi connectivity index (χ3v) is 4.55. The lowest BCUT2D eigenvalue weighted by molar-refractivity contribution is -0.136. The largest absolute Gasteiger partial charge is 0.393 e. The first-order valence-corrected chi connectivity index (χ1v) is 8.76. The Labute approximate surface area is 145 Å². The van der Waals surface area contributed by atoms with E-state index in [1.165, 1.54) is 0 Å². The number of rotatable bonds is 6. The summed E-state index contributed by atoms with van der Waals surface area (Å²) in [4.78, 5) is 24.8. The van der Waals surface area contributed by atoms with Gasteiger partial charge in [-0.1, -0.05) is 32.0 Å². The van der Waals surface area contributed by atoms with Crippen molar-refractivity contribution in [3.63, 3.8) is 0 Å². The monoisotopic (exact) mass is 346 g/mol. The van der Waals surface area contributed by atoms with E-state index < -0.39 is 17.9 Å². The maximum absolute atomic E-state index is 11.9. The van der Waals surface area contributed by atoms with Gasteiger partial charge in [0.1, 0.15) is 0 Å². The van der Waals surface area contributed by atoms with Crippen LogP contribution in [0, 0.1) is 5.92 Å². The third-order valence-electron chi connectivity index (χ3n) is 3.63. The molecule has 128 valence electrons. The summed E-state index contributed by atoms with van der Waals surface area (Å²) >= 11 is 1.61. The predicted octanol–water partition coefficient (Wildman–Crippen LogP) is 2.88. The van der Waals surface area contributed by atoms with E-state index >= 15 is 0 Å². The molecule has 1 atom stereocenters. The number of aliphatic hydroxyl groups is 1. The molecule has 24 heavy (non-hydrogen) atoms. The van der Waals surface area contributed by atoms with Crippen LogP contribution in [-0.4, -0.2) is 29.6 Å². The molecule has 0 radical (unpaired) electrons. The summed E-state index contributed by atoms with van der Waals surface area (Å²) in [7, 11) is 0. The van der Waals surface area contributed by atoms with Crippen LogP contribution in [0.25, 0.3) is 10.4 Å². The topological polar surface area (TPSA) is 78.4 Å². The number of nitrogens with one attached hydrogen (secondary N) is 2. The molecule has 2 amide bonds. The van der Waals surface area contributed by atoms with Crippen LogP contribution in [-0.2, 0) is 9.59 Å². The first-order chi connectivity index (χ1) is 11.5. The number of carbonyl (C=O) groups excluding carboxylic acids is 2. The molecule has 0 saturated carbocycles. The molecule has 3 N–H and O–H groups in total. The van der Waals surface area contributed by atoms with Gasteiger partial charge < -0.3 is 15.7 Å². The number of aliphatic hydroxyl groups excluding tert-OH is 1. The fourth-order valence-electron chi connectivity index (χ4n) is 2.13. The number of hydrogen-bond donors (Lipinski definition) is 3. The first kappa shape index (κ1) is 18.2. The average molecular weight is 346 g/mol. The Balaban J connectivity index is 1.88. The van der Waals surface area contributed by atoms with Crippen LogP contribution >= 0.6 is 11.3 Å². The zero-order chi connectivity index (χ0) is 17.5. The van der Waals surface area contributed by atoms with Gasteiger partial charge in [0, 0.05) is 17.1 Å². The fraction of sp³-hybridized carbons (Fsp3) is 0.333. The van der Waals surface area contributed by atoms with Crippen molar-refractivity contribution in [2.45, 2.75) is 26.4 Å². The lowest BCUT2D eigenvalue weighted by Gasteiger charge is -2.14. The molecular formula is C18H22N2O3S. The average Bonchev–Trinajstić information content (AvgIpc) is 3.09. The molecule has 0 aliphatic carbocycles. The molecule has 2 aromatic rings. The van der Waals surface area contributed by atoms with E-state index in [2.05, 4.69) is 10.6 Å². The molecule has 6 heteroatoms. The Morgan fingerprint density at radius 3 is 2.62 bits per heavy atom. The predicted molar refractivity (Wildman–Crippen MR) is 96.9 cm³/mol. The molecule has 1 unspecified atom stereocenters. The number of carbonyl (C=O) groups is 2. The number of hydrogen-bond acceptors (Lipinski definition) is 4. The Morgan fingerprint density at radius 2 is 1.96 bits per heavy atom. The van der Waals surface area contributed by atoms with Crippen LogP contribution < -0.4 is 10.6 Å². The second-order valence-corrected chi connectivity index (χ2v) is 6.82. The highest BCUT2D eigenvalue weighted by atomic mass is 32.1. The van der Waals surface area contributed by atoms with E-state index in [1.807, 2.05) is 49.6 Å². The van der Waals surface area contributed by atoms with Crippen LogP contribution in [0.2, 0.25) is 0 Å². The Bertz CT molecular complexity index is 683. The second-order valence-electron chi connectivity index (χ2n) is 5.87. The van der Waals surface area contributed by atoms with E-state index in [1.54, 1.807) is 17.4 Å².